The van der Waals surface area contributed by atoms with Crippen molar-refractivity contribution < 1.29 is 0 Å². The Morgan fingerprint density at radius 1 is 0.941 bits per heavy atom. The molecular weight excluding hydrogens is 311 g/mol. The Morgan fingerprint density at radius 2 is 1.53 bits per heavy atom. The molecule has 0 fully saturated rings. The van der Waals surface area contributed by atoms with Crippen molar-refractivity contribution in [3.63, 3.8) is 0 Å². The van der Waals surface area contributed by atoms with Crippen LogP contribution in [0.25, 0.3) is 0 Å². The number of aryl methyl sites for hydroxylation is 2. The third-order valence-electron chi connectivity index (χ3n) is 3.44. The minimum absolute atomic E-state index is 1.31. The van der Waals surface area contributed by atoms with Crippen LogP contribution < -0.4 is 3.58 Å². The van der Waals surface area contributed by atoms with Gasteiger partial charge in [0.25, 0.3) is 0 Å². The van der Waals surface area contributed by atoms with Gasteiger partial charge in [0.2, 0.25) is 0 Å². The summed E-state index contributed by atoms with van der Waals surface area (Å²) in [5.41, 5.74) is 3.02. The Kier molecular flexibility index (Phi) is 7.25. The van der Waals surface area contributed by atoms with Gasteiger partial charge in [0.05, 0.1) is 0 Å². The molecule has 1 radical (unpaired) electrons. The van der Waals surface area contributed by atoms with Crippen LogP contribution in [-0.4, -0.2) is 19.8 Å². The van der Waals surface area contributed by atoms with Crippen molar-refractivity contribution >= 4 is 23.3 Å². The zero-order valence-electron chi connectivity index (χ0n) is 12.0. The van der Waals surface area contributed by atoms with Gasteiger partial charge in [-0.1, -0.05) is 0 Å². The number of hydrogen-bond donors (Lipinski definition) is 0. The van der Waals surface area contributed by atoms with Gasteiger partial charge >= 0.3 is 115 Å². The number of hydrogen-bond acceptors (Lipinski definition) is 0. The first-order valence-corrected chi connectivity index (χ1v) is 12.6. The Bertz CT molecular complexity index is 322. The fourth-order valence-corrected chi connectivity index (χ4v) is 12.1. The predicted molar refractivity (Wildman–Crippen MR) is 80.7 cm³/mol. The average Bonchev–Trinajstić information content (AvgIpc) is 2.33. The zero-order valence-corrected chi connectivity index (χ0v) is 14.8. The van der Waals surface area contributed by atoms with Gasteiger partial charge in [-0.25, -0.2) is 0 Å². The van der Waals surface area contributed by atoms with Crippen LogP contribution in [-0.2, 0) is 0 Å². The third kappa shape index (κ3) is 5.03. The molecule has 0 bridgehead atoms. The molecule has 0 N–H and O–H groups in total. The normalized spacial score (nSPS) is 11.1. The molecular formula is C16H27Sn. The fourth-order valence-electron chi connectivity index (χ4n) is 2.29. The van der Waals surface area contributed by atoms with Gasteiger partial charge < -0.3 is 0 Å². The molecule has 0 saturated heterocycles. The van der Waals surface area contributed by atoms with Crippen LogP contribution in [0.1, 0.15) is 50.7 Å². The van der Waals surface area contributed by atoms with E-state index in [1.54, 1.807) is 18.0 Å². The van der Waals surface area contributed by atoms with E-state index in [2.05, 4.69) is 45.9 Å². The summed E-state index contributed by atoms with van der Waals surface area (Å²) in [4.78, 5) is 0. The predicted octanol–water partition coefficient (Wildman–Crippen LogP) is 4.61. The molecule has 0 heterocycles. The first-order chi connectivity index (χ1) is 8.19. The van der Waals surface area contributed by atoms with E-state index in [-0.39, 0.29) is 0 Å². The van der Waals surface area contributed by atoms with Crippen molar-refractivity contribution in [2.75, 3.05) is 0 Å². The van der Waals surface area contributed by atoms with E-state index < -0.39 is 19.8 Å². The van der Waals surface area contributed by atoms with Crippen molar-refractivity contribution in [3.05, 3.63) is 29.3 Å². The van der Waals surface area contributed by atoms with E-state index in [0.717, 1.165) is 0 Å². The second-order valence-corrected chi connectivity index (χ2v) is 13.0. The van der Waals surface area contributed by atoms with Gasteiger partial charge in [-0.3, -0.25) is 0 Å². The molecule has 0 saturated carbocycles. The molecule has 0 aliphatic carbocycles. The van der Waals surface area contributed by atoms with E-state index in [0.29, 0.717) is 0 Å². The maximum atomic E-state index is 2.50. The monoisotopic (exact) mass is 339 g/mol. The van der Waals surface area contributed by atoms with E-state index >= 15 is 0 Å². The molecule has 0 atom stereocenters. The molecule has 0 aliphatic rings. The van der Waals surface area contributed by atoms with Crippen molar-refractivity contribution in [2.24, 2.45) is 0 Å². The molecule has 0 amide bonds. The van der Waals surface area contributed by atoms with Crippen LogP contribution in [0, 0.1) is 13.8 Å². The van der Waals surface area contributed by atoms with Crippen molar-refractivity contribution in [3.8, 4) is 0 Å². The first kappa shape index (κ1) is 15.1. The summed E-state index contributed by atoms with van der Waals surface area (Å²) in [5, 5.41) is 0. The molecule has 0 unspecified atom stereocenters. The molecule has 1 aromatic carbocycles. The van der Waals surface area contributed by atoms with Gasteiger partial charge in [0.1, 0.15) is 0 Å². The Balaban J connectivity index is 2.82. The van der Waals surface area contributed by atoms with E-state index in [1.165, 1.54) is 31.2 Å². The molecule has 17 heavy (non-hydrogen) atoms. The third-order valence-corrected chi connectivity index (χ3v) is 12.6. The van der Waals surface area contributed by atoms with Crippen molar-refractivity contribution in [1.29, 1.82) is 0 Å². The topological polar surface area (TPSA) is 0 Å². The fraction of sp³-hybridized carbons (Fsp3) is 0.625. The van der Waals surface area contributed by atoms with Crippen molar-refractivity contribution in [2.45, 2.75) is 62.3 Å². The van der Waals surface area contributed by atoms with Crippen LogP contribution >= 0.6 is 0 Å². The Labute approximate surface area is 115 Å². The number of unbranched alkanes of at least 4 members (excludes halogenated alkanes) is 2. The molecule has 1 rings (SSSR count). The van der Waals surface area contributed by atoms with Crippen LogP contribution in [0.3, 0.4) is 0 Å². The van der Waals surface area contributed by atoms with Crippen LogP contribution in [0.15, 0.2) is 18.2 Å². The van der Waals surface area contributed by atoms with Crippen LogP contribution in [0.4, 0.5) is 0 Å². The standard InChI is InChI=1S/C8H9.2C4H9.Sn/c1-7-3-5-8(2)6-4-7;2*1-3-4-2;/h3-5H,1-2H3;2*1,3-4H2,2H3;. The first-order valence-electron chi connectivity index (χ1n) is 7.11. The molecule has 1 aromatic rings. The Morgan fingerprint density at radius 3 is 2.06 bits per heavy atom. The summed E-state index contributed by atoms with van der Waals surface area (Å²) < 4.78 is 4.92. The summed E-state index contributed by atoms with van der Waals surface area (Å²) in [6.07, 6.45) is 5.62. The molecule has 0 aromatic heterocycles. The summed E-state index contributed by atoms with van der Waals surface area (Å²) in [5.74, 6) is 0. The Hall–Kier alpha value is 0.0187. The van der Waals surface area contributed by atoms with Gasteiger partial charge in [0, 0.05) is 0 Å². The molecule has 0 aliphatic heterocycles. The molecule has 95 valence electrons. The van der Waals surface area contributed by atoms with E-state index in [4.69, 9.17) is 0 Å². The summed E-state index contributed by atoms with van der Waals surface area (Å²) in [7, 11) is 0. The minimum atomic E-state index is -1.31. The molecule has 0 nitrogen and oxygen atoms in total. The summed E-state index contributed by atoms with van der Waals surface area (Å²) in [6, 6.07) is 7.10. The zero-order chi connectivity index (χ0) is 12.7. The quantitative estimate of drug-likeness (QED) is 0.637. The SMILES string of the molecule is CCC[CH2][Sn]([CH2]CCC)[c]1cc(C)ccc1C. The van der Waals surface area contributed by atoms with Gasteiger partial charge in [-0.15, -0.1) is 0 Å². The maximum absolute atomic E-state index is 2.50. The summed E-state index contributed by atoms with van der Waals surface area (Å²) in [6.45, 7) is 9.20. The van der Waals surface area contributed by atoms with Gasteiger partial charge in [0.15, 0.2) is 0 Å². The number of rotatable bonds is 7. The second kappa shape index (κ2) is 8.18. The van der Waals surface area contributed by atoms with Crippen molar-refractivity contribution in [1.82, 2.24) is 0 Å². The van der Waals surface area contributed by atoms with Gasteiger partial charge in [-0.2, -0.15) is 0 Å². The average molecular weight is 338 g/mol. The molecule has 0 spiro atoms. The summed E-state index contributed by atoms with van der Waals surface area (Å²) >= 11 is -1.31. The van der Waals surface area contributed by atoms with Gasteiger partial charge in [-0.05, 0) is 0 Å². The number of benzene rings is 1. The molecule has 1 heteroatoms. The van der Waals surface area contributed by atoms with Crippen LogP contribution in [0.2, 0.25) is 8.87 Å². The van der Waals surface area contributed by atoms with Crippen LogP contribution in [0.5, 0.6) is 0 Å². The van der Waals surface area contributed by atoms with E-state index in [1.807, 2.05) is 0 Å². The van der Waals surface area contributed by atoms with E-state index in [9.17, 15) is 0 Å². The second-order valence-electron chi connectivity index (χ2n) is 5.13.